The Bertz CT molecular complexity index is 509. The highest BCUT2D eigenvalue weighted by Gasteiger charge is 2.29. The zero-order valence-electron chi connectivity index (χ0n) is 9.90. The lowest BCUT2D eigenvalue weighted by Crippen LogP contribution is -2.39. The predicted octanol–water partition coefficient (Wildman–Crippen LogP) is 1.15. The van der Waals surface area contributed by atoms with Gasteiger partial charge in [0.25, 0.3) is 0 Å². The molecule has 1 unspecified atom stereocenters. The van der Waals surface area contributed by atoms with E-state index in [4.69, 9.17) is 11.0 Å². The second-order valence-corrected chi connectivity index (χ2v) is 4.45. The fraction of sp³-hybridized carbons (Fsp3) is 0.385. The molecule has 1 amide bonds. The first-order chi connectivity index (χ1) is 8.61. The van der Waals surface area contributed by atoms with Gasteiger partial charge in [-0.1, -0.05) is 6.07 Å². The number of hydrogen-bond donors (Lipinski definition) is 1. The summed E-state index contributed by atoms with van der Waals surface area (Å²) in [5.74, 6) is -0.772. The Morgan fingerprint density at radius 1 is 1.61 bits per heavy atom. The molecule has 1 aliphatic heterocycles. The maximum atomic E-state index is 13.7. The Hall–Kier alpha value is -1.93. The number of carbonyl (C=O) groups excluding carboxylic acids is 1. The van der Waals surface area contributed by atoms with Gasteiger partial charge in [0.05, 0.1) is 17.7 Å². The number of hydrogen-bond acceptors (Lipinski definition) is 3. The molecule has 2 N–H and O–H groups in total. The van der Waals surface area contributed by atoms with Crippen molar-refractivity contribution in [2.24, 2.45) is 5.73 Å². The fourth-order valence-corrected chi connectivity index (χ4v) is 2.30. The summed E-state index contributed by atoms with van der Waals surface area (Å²) in [5.41, 5.74) is 6.09. The second-order valence-electron chi connectivity index (χ2n) is 4.45. The van der Waals surface area contributed by atoms with Gasteiger partial charge < -0.3 is 5.73 Å². The molecule has 0 spiro atoms. The number of benzene rings is 1. The second kappa shape index (κ2) is 5.15. The first kappa shape index (κ1) is 12.5. The van der Waals surface area contributed by atoms with E-state index in [1.807, 2.05) is 11.0 Å². The van der Waals surface area contributed by atoms with Crippen molar-refractivity contribution in [1.29, 1.82) is 5.26 Å². The molecule has 1 aromatic rings. The van der Waals surface area contributed by atoms with Crippen molar-refractivity contribution >= 4 is 5.91 Å². The lowest BCUT2D eigenvalue weighted by atomic mass is 10.1. The molecule has 0 bridgehead atoms. The summed E-state index contributed by atoms with van der Waals surface area (Å²) in [6, 6.07) is 5.96. The maximum absolute atomic E-state index is 13.7. The Balaban J connectivity index is 2.14. The van der Waals surface area contributed by atoms with E-state index in [0.717, 1.165) is 19.4 Å². The molecule has 1 fully saturated rings. The van der Waals surface area contributed by atoms with Crippen LogP contribution >= 0.6 is 0 Å². The molecular weight excluding hydrogens is 233 g/mol. The Kier molecular flexibility index (Phi) is 3.58. The predicted molar refractivity (Wildman–Crippen MR) is 63.7 cm³/mol. The molecule has 18 heavy (non-hydrogen) atoms. The van der Waals surface area contributed by atoms with Crippen molar-refractivity contribution in [2.45, 2.75) is 25.4 Å². The summed E-state index contributed by atoms with van der Waals surface area (Å²) in [6.45, 7) is 1.10. The lowest BCUT2D eigenvalue weighted by molar-refractivity contribution is -0.122. The van der Waals surface area contributed by atoms with Crippen LogP contribution in [0, 0.1) is 17.1 Å². The average Bonchev–Trinajstić information content (AvgIpc) is 2.80. The Morgan fingerprint density at radius 2 is 2.39 bits per heavy atom. The van der Waals surface area contributed by atoms with Crippen LogP contribution in [0.5, 0.6) is 0 Å². The van der Waals surface area contributed by atoms with Crippen LogP contribution in [-0.4, -0.2) is 23.4 Å². The minimum atomic E-state index is -0.413. The van der Waals surface area contributed by atoms with Gasteiger partial charge in [0.1, 0.15) is 5.82 Å². The highest BCUT2D eigenvalue weighted by molar-refractivity contribution is 5.80. The standard InChI is InChI=1S/C13H14FN3O/c14-11-6-9(7-15)3-4-10(11)8-17-5-1-2-12(17)13(16)18/h3-4,6,12H,1-2,5,8H2,(H2,16,18). The van der Waals surface area contributed by atoms with E-state index < -0.39 is 5.82 Å². The summed E-state index contributed by atoms with van der Waals surface area (Å²) in [5, 5.41) is 8.66. The van der Waals surface area contributed by atoms with Crippen LogP contribution in [0.4, 0.5) is 4.39 Å². The summed E-state index contributed by atoms with van der Waals surface area (Å²) in [7, 11) is 0. The normalized spacial score (nSPS) is 19.7. The Morgan fingerprint density at radius 3 is 3.00 bits per heavy atom. The molecule has 2 rings (SSSR count). The third-order valence-corrected chi connectivity index (χ3v) is 3.25. The first-order valence-corrected chi connectivity index (χ1v) is 5.83. The quantitative estimate of drug-likeness (QED) is 0.871. The van der Waals surface area contributed by atoms with Gasteiger partial charge in [0.2, 0.25) is 5.91 Å². The van der Waals surface area contributed by atoms with Crippen LogP contribution in [0.25, 0.3) is 0 Å². The summed E-state index contributed by atoms with van der Waals surface area (Å²) in [6.07, 6.45) is 1.62. The molecule has 0 saturated carbocycles. The third kappa shape index (κ3) is 2.49. The lowest BCUT2D eigenvalue weighted by Gasteiger charge is -2.21. The van der Waals surface area contributed by atoms with Crippen LogP contribution in [0.3, 0.4) is 0 Å². The van der Waals surface area contributed by atoms with Crippen LogP contribution < -0.4 is 5.73 Å². The van der Waals surface area contributed by atoms with Gasteiger partial charge in [0.15, 0.2) is 0 Å². The molecule has 1 atom stereocenters. The molecule has 0 aromatic heterocycles. The van der Waals surface area contributed by atoms with Gasteiger partial charge in [-0.25, -0.2) is 4.39 Å². The van der Waals surface area contributed by atoms with Gasteiger partial charge >= 0.3 is 0 Å². The minimum Gasteiger partial charge on any atom is -0.368 e. The number of nitrogens with two attached hydrogens (primary N) is 1. The van der Waals surface area contributed by atoms with E-state index in [1.54, 1.807) is 12.1 Å². The van der Waals surface area contributed by atoms with E-state index >= 15 is 0 Å². The maximum Gasteiger partial charge on any atom is 0.234 e. The van der Waals surface area contributed by atoms with Crippen LogP contribution in [-0.2, 0) is 11.3 Å². The number of rotatable bonds is 3. The molecular formula is C13H14FN3O. The van der Waals surface area contributed by atoms with Crippen molar-refractivity contribution in [1.82, 2.24) is 4.90 Å². The van der Waals surface area contributed by atoms with E-state index in [9.17, 15) is 9.18 Å². The van der Waals surface area contributed by atoms with E-state index in [1.165, 1.54) is 6.07 Å². The number of primary amides is 1. The fourth-order valence-electron chi connectivity index (χ4n) is 2.30. The number of nitriles is 1. The summed E-state index contributed by atoms with van der Waals surface area (Å²) < 4.78 is 13.7. The van der Waals surface area contributed by atoms with Crippen molar-refractivity contribution in [3.63, 3.8) is 0 Å². The van der Waals surface area contributed by atoms with Gasteiger partial charge in [-0.3, -0.25) is 9.69 Å². The number of likely N-dealkylation sites (tertiary alicyclic amines) is 1. The SMILES string of the molecule is N#Cc1ccc(CN2CCCC2C(N)=O)c(F)c1. The largest absolute Gasteiger partial charge is 0.368 e. The minimum absolute atomic E-state index is 0.295. The van der Waals surface area contributed by atoms with Crippen molar-refractivity contribution in [2.75, 3.05) is 6.54 Å². The molecule has 1 aromatic carbocycles. The molecule has 1 heterocycles. The highest BCUT2D eigenvalue weighted by Crippen LogP contribution is 2.21. The number of carbonyl (C=O) groups is 1. The van der Waals surface area contributed by atoms with Crippen LogP contribution in [0.15, 0.2) is 18.2 Å². The van der Waals surface area contributed by atoms with Crippen molar-refractivity contribution in [3.8, 4) is 6.07 Å². The van der Waals surface area contributed by atoms with Gasteiger partial charge in [0, 0.05) is 12.1 Å². The van der Waals surface area contributed by atoms with Crippen LogP contribution in [0.2, 0.25) is 0 Å². The number of halogens is 1. The zero-order valence-corrected chi connectivity index (χ0v) is 9.90. The average molecular weight is 247 g/mol. The van der Waals surface area contributed by atoms with Crippen molar-refractivity contribution in [3.05, 3.63) is 35.1 Å². The molecule has 4 nitrogen and oxygen atoms in total. The van der Waals surface area contributed by atoms with Crippen molar-refractivity contribution < 1.29 is 9.18 Å². The van der Waals surface area contributed by atoms with Gasteiger partial charge in [-0.15, -0.1) is 0 Å². The third-order valence-electron chi connectivity index (χ3n) is 3.25. The first-order valence-electron chi connectivity index (χ1n) is 5.83. The molecule has 5 heteroatoms. The summed E-state index contributed by atoms with van der Waals surface area (Å²) in [4.78, 5) is 13.1. The van der Waals surface area contributed by atoms with E-state index in [-0.39, 0.29) is 11.9 Å². The molecule has 0 aliphatic carbocycles. The molecule has 0 radical (unpaired) electrons. The topological polar surface area (TPSA) is 70.1 Å². The molecule has 1 aliphatic rings. The number of nitrogens with zero attached hydrogens (tertiary/aromatic N) is 2. The monoisotopic (exact) mass is 247 g/mol. The smallest absolute Gasteiger partial charge is 0.234 e. The Labute approximate surface area is 105 Å². The molecule has 94 valence electrons. The van der Waals surface area contributed by atoms with Crippen LogP contribution in [0.1, 0.15) is 24.0 Å². The van der Waals surface area contributed by atoms with Gasteiger partial charge in [-0.05, 0) is 31.5 Å². The molecule has 1 saturated heterocycles. The van der Waals surface area contributed by atoms with E-state index in [2.05, 4.69) is 0 Å². The van der Waals surface area contributed by atoms with E-state index in [0.29, 0.717) is 17.7 Å². The highest BCUT2D eigenvalue weighted by atomic mass is 19.1. The number of amides is 1. The summed E-state index contributed by atoms with van der Waals surface area (Å²) >= 11 is 0. The van der Waals surface area contributed by atoms with Gasteiger partial charge in [-0.2, -0.15) is 5.26 Å². The zero-order chi connectivity index (χ0) is 13.1.